The molecule has 6 nitrogen and oxygen atoms in total. The Labute approximate surface area is 145 Å². The third-order valence-corrected chi connectivity index (χ3v) is 4.51. The van der Waals surface area contributed by atoms with E-state index in [0.29, 0.717) is 6.42 Å². The van der Waals surface area contributed by atoms with Crippen molar-refractivity contribution < 1.29 is 19.1 Å². The van der Waals surface area contributed by atoms with Gasteiger partial charge in [-0.1, -0.05) is 12.1 Å². The van der Waals surface area contributed by atoms with Crippen LogP contribution in [0, 0.1) is 0 Å². The molecule has 0 saturated carbocycles. The first-order valence-corrected chi connectivity index (χ1v) is 8.98. The maximum Gasteiger partial charge on any atom is 0.325 e. The van der Waals surface area contributed by atoms with Gasteiger partial charge < -0.3 is 10.1 Å². The average molecular weight is 350 g/mol. The summed E-state index contributed by atoms with van der Waals surface area (Å²) in [6, 6.07) is 7.40. The number of hydrogen-bond acceptors (Lipinski definition) is 5. The number of benzene rings is 1. The minimum absolute atomic E-state index is 0.167. The second-order valence-corrected chi connectivity index (χ2v) is 7.00. The molecule has 1 aromatic rings. The second-order valence-electron chi connectivity index (χ2n) is 6.12. The van der Waals surface area contributed by atoms with E-state index in [-0.39, 0.29) is 31.4 Å². The van der Waals surface area contributed by atoms with E-state index in [9.17, 15) is 14.4 Å². The van der Waals surface area contributed by atoms with Crippen molar-refractivity contribution in [2.45, 2.75) is 43.7 Å². The molecule has 0 atom stereocenters. The van der Waals surface area contributed by atoms with E-state index in [0.717, 1.165) is 15.4 Å². The molecular weight excluding hydrogens is 328 g/mol. The van der Waals surface area contributed by atoms with Crippen LogP contribution in [0.3, 0.4) is 0 Å². The number of rotatable bonds is 7. The van der Waals surface area contributed by atoms with Gasteiger partial charge in [-0.05, 0) is 44.2 Å². The molecule has 1 fully saturated rings. The number of imide groups is 1. The van der Waals surface area contributed by atoms with E-state index in [1.165, 1.54) is 0 Å². The molecule has 0 aromatic heterocycles. The standard InChI is InChI=1S/C17H22N2O4S/c1-17(2)15(21)19(16(22)18-17)10-4-5-14(20)23-11-12-6-8-13(24-3)9-7-12/h6-9H,4-5,10-11H2,1-3H3,(H,18,22). The van der Waals surface area contributed by atoms with E-state index in [1.807, 2.05) is 30.5 Å². The fourth-order valence-corrected chi connectivity index (χ4v) is 2.77. The molecule has 1 heterocycles. The summed E-state index contributed by atoms with van der Waals surface area (Å²) in [6.45, 7) is 3.75. The van der Waals surface area contributed by atoms with Crippen molar-refractivity contribution in [2.24, 2.45) is 0 Å². The number of hydrogen-bond donors (Lipinski definition) is 1. The predicted octanol–water partition coefficient (Wildman–Crippen LogP) is 2.56. The minimum Gasteiger partial charge on any atom is -0.461 e. The molecule has 2 rings (SSSR count). The van der Waals surface area contributed by atoms with Crippen molar-refractivity contribution in [2.75, 3.05) is 12.8 Å². The topological polar surface area (TPSA) is 75.7 Å². The number of nitrogens with zero attached hydrogens (tertiary/aromatic N) is 1. The molecule has 0 aliphatic carbocycles. The van der Waals surface area contributed by atoms with Crippen molar-refractivity contribution in [1.29, 1.82) is 0 Å². The zero-order valence-corrected chi connectivity index (χ0v) is 14.9. The second kappa shape index (κ2) is 7.70. The number of urea groups is 1. The molecular formula is C17H22N2O4S. The third-order valence-electron chi connectivity index (χ3n) is 3.77. The monoisotopic (exact) mass is 350 g/mol. The van der Waals surface area contributed by atoms with Crippen LogP contribution in [0.15, 0.2) is 29.2 Å². The summed E-state index contributed by atoms with van der Waals surface area (Å²) in [5, 5.41) is 2.61. The molecule has 1 aliphatic rings. The summed E-state index contributed by atoms with van der Waals surface area (Å²) in [5.41, 5.74) is 0.0533. The summed E-state index contributed by atoms with van der Waals surface area (Å²) >= 11 is 1.65. The quantitative estimate of drug-likeness (QED) is 0.465. The molecule has 0 bridgehead atoms. The van der Waals surface area contributed by atoms with Gasteiger partial charge in [-0.15, -0.1) is 11.8 Å². The van der Waals surface area contributed by atoms with Crippen molar-refractivity contribution in [3.8, 4) is 0 Å². The van der Waals surface area contributed by atoms with Gasteiger partial charge in [-0.2, -0.15) is 0 Å². The maximum atomic E-state index is 12.0. The van der Waals surface area contributed by atoms with Gasteiger partial charge >= 0.3 is 12.0 Å². The van der Waals surface area contributed by atoms with Crippen LogP contribution < -0.4 is 5.32 Å². The number of nitrogens with one attached hydrogen (secondary N) is 1. The smallest absolute Gasteiger partial charge is 0.325 e. The van der Waals surface area contributed by atoms with Crippen molar-refractivity contribution in [1.82, 2.24) is 10.2 Å². The molecule has 3 amide bonds. The Kier molecular flexibility index (Phi) is 5.88. The Hall–Kier alpha value is -2.02. The Bertz CT molecular complexity index is 628. The van der Waals surface area contributed by atoms with Crippen LogP contribution in [-0.2, 0) is 20.9 Å². The lowest BCUT2D eigenvalue weighted by molar-refractivity contribution is -0.145. The molecule has 7 heteroatoms. The Morgan fingerprint density at radius 1 is 1.25 bits per heavy atom. The molecule has 0 spiro atoms. The van der Waals surface area contributed by atoms with Crippen molar-refractivity contribution in [3.63, 3.8) is 0 Å². The number of thioether (sulfide) groups is 1. The summed E-state index contributed by atoms with van der Waals surface area (Å²) < 4.78 is 5.21. The third kappa shape index (κ3) is 4.50. The molecule has 1 aromatic carbocycles. The fourth-order valence-electron chi connectivity index (χ4n) is 2.36. The Morgan fingerprint density at radius 3 is 2.46 bits per heavy atom. The molecule has 0 radical (unpaired) electrons. The highest BCUT2D eigenvalue weighted by Gasteiger charge is 2.43. The van der Waals surface area contributed by atoms with Crippen LogP contribution in [0.5, 0.6) is 0 Å². The van der Waals surface area contributed by atoms with Gasteiger partial charge in [0, 0.05) is 17.9 Å². The normalized spacial score (nSPS) is 16.2. The Balaban J connectivity index is 1.71. The number of esters is 1. The van der Waals surface area contributed by atoms with Gasteiger partial charge in [0.25, 0.3) is 5.91 Å². The van der Waals surface area contributed by atoms with E-state index >= 15 is 0 Å². The molecule has 130 valence electrons. The number of amides is 3. The average Bonchev–Trinajstić information content (AvgIpc) is 2.75. The molecule has 1 saturated heterocycles. The van der Waals surface area contributed by atoms with E-state index in [1.54, 1.807) is 25.6 Å². The summed E-state index contributed by atoms with van der Waals surface area (Å²) in [5.74, 6) is -0.606. The van der Waals surface area contributed by atoms with Gasteiger partial charge in [-0.3, -0.25) is 14.5 Å². The van der Waals surface area contributed by atoms with E-state index < -0.39 is 11.6 Å². The number of ether oxygens (including phenoxy) is 1. The summed E-state index contributed by atoms with van der Waals surface area (Å²) in [7, 11) is 0. The lowest BCUT2D eigenvalue weighted by atomic mass is 10.1. The number of carbonyl (C=O) groups excluding carboxylic acids is 3. The molecule has 24 heavy (non-hydrogen) atoms. The Morgan fingerprint density at radius 2 is 1.92 bits per heavy atom. The van der Waals surface area contributed by atoms with Crippen LogP contribution in [0.25, 0.3) is 0 Å². The lowest BCUT2D eigenvalue weighted by Crippen LogP contribution is -2.40. The van der Waals surface area contributed by atoms with Crippen LogP contribution in [0.4, 0.5) is 4.79 Å². The highest BCUT2D eigenvalue weighted by Crippen LogP contribution is 2.17. The van der Waals surface area contributed by atoms with Gasteiger partial charge in [-0.25, -0.2) is 4.79 Å². The van der Waals surface area contributed by atoms with Crippen molar-refractivity contribution >= 4 is 29.7 Å². The SMILES string of the molecule is CSc1ccc(COC(=O)CCCN2C(=O)NC(C)(C)C2=O)cc1. The molecule has 0 unspecified atom stereocenters. The van der Waals surface area contributed by atoms with Gasteiger partial charge in [0.15, 0.2) is 0 Å². The van der Waals surface area contributed by atoms with Gasteiger partial charge in [0.1, 0.15) is 12.1 Å². The highest BCUT2D eigenvalue weighted by atomic mass is 32.2. The highest BCUT2D eigenvalue weighted by molar-refractivity contribution is 7.98. The van der Waals surface area contributed by atoms with E-state index in [2.05, 4.69) is 5.32 Å². The van der Waals surface area contributed by atoms with Crippen LogP contribution in [0.1, 0.15) is 32.3 Å². The first-order valence-electron chi connectivity index (χ1n) is 7.76. The van der Waals surface area contributed by atoms with E-state index in [4.69, 9.17) is 4.74 Å². The van der Waals surface area contributed by atoms with Crippen LogP contribution in [0.2, 0.25) is 0 Å². The summed E-state index contributed by atoms with van der Waals surface area (Å²) in [4.78, 5) is 37.8. The maximum absolute atomic E-state index is 12.0. The van der Waals surface area contributed by atoms with Crippen LogP contribution >= 0.6 is 11.8 Å². The summed E-state index contributed by atoms with van der Waals surface area (Å²) in [6.07, 6.45) is 2.56. The zero-order valence-electron chi connectivity index (χ0n) is 14.1. The minimum atomic E-state index is -0.874. The lowest BCUT2D eigenvalue weighted by Gasteiger charge is -2.15. The largest absolute Gasteiger partial charge is 0.461 e. The van der Waals surface area contributed by atoms with Gasteiger partial charge in [0.05, 0.1) is 0 Å². The first kappa shape index (κ1) is 18.3. The van der Waals surface area contributed by atoms with Crippen molar-refractivity contribution in [3.05, 3.63) is 29.8 Å². The van der Waals surface area contributed by atoms with Gasteiger partial charge in [0.2, 0.25) is 0 Å². The molecule has 1 N–H and O–H groups in total. The van der Waals surface area contributed by atoms with Crippen LogP contribution in [-0.4, -0.2) is 41.1 Å². The number of carbonyl (C=O) groups is 3. The zero-order chi connectivity index (χ0) is 17.7. The first-order chi connectivity index (χ1) is 11.3. The predicted molar refractivity (Wildman–Crippen MR) is 91.6 cm³/mol. The molecule has 1 aliphatic heterocycles. The fraction of sp³-hybridized carbons (Fsp3) is 0.471.